The third kappa shape index (κ3) is 4.35. The normalized spacial score (nSPS) is 13.4. The van der Waals surface area contributed by atoms with Crippen LogP contribution >= 0.6 is 0 Å². The van der Waals surface area contributed by atoms with Crippen molar-refractivity contribution >= 4 is 12.1 Å². The van der Waals surface area contributed by atoms with Crippen LogP contribution in [0.25, 0.3) is 11.1 Å². The second kappa shape index (κ2) is 9.40. The Morgan fingerprint density at radius 3 is 2.14 bits per heavy atom. The average molecular weight is 381 g/mol. The summed E-state index contributed by atoms with van der Waals surface area (Å²) in [7, 11) is 0. The standard InChI is InChI=1S/C23H27NO4/c1-3-5-14-27-22(25)21(4-2)24-23(26)28-15-20-18-12-8-6-10-16(18)17-11-7-9-13-19(17)20/h6-13,20-21H,3-5,14-15H2,1-2H3,(H,24,26). The minimum atomic E-state index is -0.687. The van der Waals surface area contributed by atoms with Crippen LogP contribution in [0.2, 0.25) is 0 Å². The molecular weight excluding hydrogens is 354 g/mol. The van der Waals surface area contributed by atoms with Crippen LogP contribution in [0.5, 0.6) is 0 Å². The SMILES string of the molecule is CCCCOC(=O)C(CC)NC(=O)OCC1c2ccccc2-c2ccccc21. The molecule has 1 aliphatic carbocycles. The van der Waals surface area contributed by atoms with E-state index < -0.39 is 18.1 Å². The lowest BCUT2D eigenvalue weighted by Gasteiger charge is -2.18. The molecule has 0 saturated heterocycles. The number of carbonyl (C=O) groups excluding carboxylic acids is 2. The minimum Gasteiger partial charge on any atom is -0.464 e. The van der Waals surface area contributed by atoms with Gasteiger partial charge in [0.1, 0.15) is 12.6 Å². The van der Waals surface area contributed by atoms with E-state index in [0.717, 1.165) is 24.0 Å². The first kappa shape index (κ1) is 19.9. The van der Waals surface area contributed by atoms with Gasteiger partial charge in [0, 0.05) is 5.92 Å². The smallest absolute Gasteiger partial charge is 0.407 e. The van der Waals surface area contributed by atoms with Gasteiger partial charge in [-0.05, 0) is 35.1 Å². The van der Waals surface area contributed by atoms with Crippen LogP contribution < -0.4 is 5.32 Å². The summed E-state index contributed by atoms with van der Waals surface area (Å²) in [6.07, 6.45) is 1.62. The first-order valence-electron chi connectivity index (χ1n) is 9.93. The summed E-state index contributed by atoms with van der Waals surface area (Å²) in [5, 5.41) is 2.63. The van der Waals surface area contributed by atoms with Gasteiger partial charge in [-0.25, -0.2) is 9.59 Å². The first-order chi connectivity index (χ1) is 13.7. The molecule has 0 bridgehead atoms. The lowest BCUT2D eigenvalue weighted by molar-refractivity contribution is -0.146. The van der Waals surface area contributed by atoms with Crippen LogP contribution in [0.15, 0.2) is 48.5 Å². The highest BCUT2D eigenvalue weighted by molar-refractivity contribution is 5.82. The maximum absolute atomic E-state index is 12.3. The molecule has 1 N–H and O–H groups in total. The monoisotopic (exact) mass is 381 g/mol. The molecule has 0 saturated carbocycles. The molecule has 1 unspecified atom stereocenters. The number of fused-ring (bicyclic) bond motifs is 3. The van der Waals surface area contributed by atoms with Gasteiger partial charge in [0.15, 0.2) is 0 Å². The fourth-order valence-corrected chi connectivity index (χ4v) is 3.53. The highest BCUT2D eigenvalue weighted by Gasteiger charge is 2.29. The maximum atomic E-state index is 12.3. The Balaban J connectivity index is 1.61. The fourth-order valence-electron chi connectivity index (χ4n) is 3.53. The highest BCUT2D eigenvalue weighted by Crippen LogP contribution is 2.44. The Hall–Kier alpha value is -2.82. The summed E-state index contributed by atoms with van der Waals surface area (Å²) in [6, 6.07) is 15.7. The lowest BCUT2D eigenvalue weighted by Crippen LogP contribution is -2.42. The summed E-state index contributed by atoms with van der Waals surface area (Å²) >= 11 is 0. The van der Waals surface area contributed by atoms with Crippen molar-refractivity contribution in [2.45, 2.75) is 45.1 Å². The number of carbonyl (C=O) groups is 2. The van der Waals surface area contributed by atoms with E-state index in [1.807, 2.05) is 38.1 Å². The van der Waals surface area contributed by atoms with Gasteiger partial charge in [-0.3, -0.25) is 0 Å². The number of nitrogens with one attached hydrogen (secondary N) is 1. The maximum Gasteiger partial charge on any atom is 0.407 e. The molecule has 5 nitrogen and oxygen atoms in total. The summed E-state index contributed by atoms with van der Waals surface area (Å²) in [4.78, 5) is 24.4. The van der Waals surface area contributed by atoms with Crippen molar-refractivity contribution in [3.63, 3.8) is 0 Å². The van der Waals surface area contributed by atoms with E-state index in [1.165, 1.54) is 11.1 Å². The van der Waals surface area contributed by atoms with Crippen molar-refractivity contribution in [3.8, 4) is 11.1 Å². The average Bonchev–Trinajstić information content (AvgIpc) is 3.04. The van der Waals surface area contributed by atoms with Gasteiger partial charge in [-0.2, -0.15) is 0 Å². The zero-order chi connectivity index (χ0) is 19.9. The van der Waals surface area contributed by atoms with Crippen molar-refractivity contribution < 1.29 is 19.1 Å². The number of unbranched alkanes of at least 4 members (excludes halogenated alkanes) is 1. The summed E-state index contributed by atoms with van der Waals surface area (Å²) in [6.45, 7) is 4.45. The van der Waals surface area contributed by atoms with Crippen molar-refractivity contribution in [3.05, 3.63) is 59.7 Å². The van der Waals surface area contributed by atoms with E-state index in [9.17, 15) is 9.59 Å². The summed E-state index contributed by atoms with van der Waals surface area (Å²) in [5.74, 6) is -0.417. The molecule has 0 spiro atoms. The molecule has 0 fully saturated rings. The predicted octanol–water partition coefficient (Wildman–Crippen LogP) is 4.65. The molecule has 2 aromatic rings. The second-order valence-electron chi connectivity index (χ2n) is 6.95. The number of ether oxygens (including phenoxy) is 2. The van der Waals surface area contributed by atoms with Crippen molar-refractivity contribution in [2.75, 3.05) is 13.2 Å². The Morgan fingerprint density at radius 2 is 1.57 bits per heavy atom. The molecular formula is C23H27NO4. The number of hydrogen-bond acceptors (Lipinski definition) is 4. The van der Waals surface area contributed by atoms with Gasteiger partial charge in [-0.15, -0.1) is 0 Å². The van der Waals surface area contributed by atoms with Gasteiger partial charge in [0.05, 0.1) is 6.61 Å². The van der Waals surface area contributed by atoms with E-state index in [2.05, 4.69) is 29.6 Å². The van der Waals surface area contributed by atoms with Crippen LogP contribution in [0.4, 0.5) is 4.79 Å². The molecule has 1 aliphatic rings. The lowest BCUT2D eigenvalue weighted by atomic mass is 9.98. The number of hydrogen-bond donors (Lipinski definition) is 1. The van der Waals surface area contributed by atoms with Gasteiger partial charge in [0.25, 0.3) is 0 Å². The van der Waals surface area contributed by atoms with Crippen LogP contribution in [-0.2, 0) is 14.3 Å². The van der Waals surface area contributed by atoms with E-state index >= 15 is 0 Å². The van der Waals surface area contributed by atoms with Crippen molar-refractivity contribution in [2.24, 2.45) is 0 Å². The number of alkyl carbamates (subject to hydrolysis) is 1. The van der Waals surface area contributed by atoms with Crippen LogP contribution in [0.1, 0.15) is 50.2 Å². The van der Waals surface area contributed by atoms with Crippen LogP contribution in [0.3, 0.4) is 0 Å². The molecule has 28 heavy (non-hydrogen) atoms. The third-order valence-electron chi connectivity index (χ3n) is 5.07. The van der Waals surface area contributed by atoms with Crippen molar-refractivity contribution in [1.82, 2.24) is 5.32 Å². The number of rotatable bonds is 8. The highest BCUT2D eigenvalue weighted by atomic mass is 16.6. The topological polar surface area (TPSA) is 64.6 Å². The summed E-state index contributed by atoms with van der Waals surface area (Å²) < 4.78 is 10.7. The van der Waals surface area contributed by atoms with E-state index in [1.54, 1.807) is 0 Å². The van der Waals surface area contributed by atoms with Gasteiger partial charge < -0.3 is 14.8 Å². The molecule has 0 aromatic heterocycles. The number of esters is 1. The van der Waals surface area contributed by atoms with E-state index in [-0.39, 0.29) is 12.5 Å². The number of benzene rings is 2. The third-order valence-corrected chi connectivity index (χ3v) is 5.07. The molecule has 0 heterocycles. The molecule has 0 aliphatic heterocycles. The van der Waals surface area contributed by atoms with E-state index in [4.69, 9.17) is 9.47 Å². The summed E-state index contributed by atoms with van der Waals surface area (Å²) in [5.41, 5.74) is 4.67. The molecule has 0 radical (unpaired) electrons. The number of amides is 1. The fraction of sp³-hybridized carbons (Fsp3) is 0.391. The van der Waals surface area contributed by atoms with Gasteiger partial charge in [-0.1, -0.05) is 68.8 Å². The zero-order valence-electron chi connectivity index (χ0n) is 16.4. The predicted molar refractivity (Wildman–Crippen MR) is 108 cm³/mol. The van der Waals surface area contributed by atoms with E-state index in [0.29, 0.717) is 13.0 Å². The molecule has 148 valence electrons. The molecule has 5 heteroatoms. The quantitative estimate of drug-likeness (QED) is 0.534. The Kier molecular flexibility index (Phi) is 6.69. The molecule has 1 amide bonds. The minimum absolute atomic E-state index is 0.00488. The molecule has 2 aromatic carbocycles. The zero-order valence-corrected chi connectivity index (χ0v) is 16.4. The van der Waals surface area contributed by atoms with Gasteiger partial charge in [0.2, 0.25) is 0 Å². The first-order valence-corrected chi connectivity index (χ1v) is 9.93. The Bertz CT molecular complexity index is 787. The largest absolute Gasteiger partial charge is 0.464 e. The van der Waals surface area contributed by atoms with Crippen LogP contribution in [0, 0.1) is 0 Å². The van der Waals surface area contributed by atoms with Crippen molar-refractivity contribution in [1.29, 1.82) is 0 Å². The van der Waals surface area contributed by atoms with Gasteiger partial charge >= 0.3 is 12.1 Å². The second-order valence-corrected chi connectivity index (χ2v) is 6.95. The Morgan fingerprint density at radius 1 is 0.964 bits per heavy atom. The molecule has 1 atom stereocenters. The Labute approximate surface area is 166 Å². The van der Waals surface area contributed by atoms with Crippen LogP contribution in [-0.4, -0.2) is 31.3 Å². The molecule has 3 rings (SSSR count).